The van der Waals surface area contributed by atoms with Crippen LogP contribution in [-0.4, -0.2) is 17.7 Å². The van der Waals surface area contributed by atoms with Crippen LogP contribution in [0, 0.1) is 0 Å². The molecule has 0 aliphatic rings. The lowest BCUT2D eigenvalue weighted by molar-refractivity contribution is -0.153. The van der Waals surface area contributed by atoms with E-state index in [2.05, 4.69) is 4.74 Å². The van der Waals surface area contributed by atoms with E-state index in [1.807, 2.05) is 0 Å². The van der Waals surface area contributed by atoms with Crippen LogP contribution in [0.4, 0.5) is 0 Å². The van der Waals surface area contributed by atoms with Crippen LogP contribution in [0.1, 0.15) is 18.6 Å². The predicted octanol–water partition coefficient (Wildman–Crippen LogP) is 1.34. The van der Waals surface area contributed by atoms with Crippen molar-refractivity contribution in [1.82, 2.24) is 0 Å². The summed E-state index contributed by atoms with van der Waals surface area (Å²) in [7, 11) is 0. The maximum absolute atomic E-state index is 11.0. The Bertz CT molecular complexity index is 243. The third-order valence-electron chi connectivity index (χ3n) is 1.37. The van der Waals surface area contributed by atoms with E-state index in [4.69, 9.17) is 0 Å². The van der Waals surface area contributed by atoms with Gasteiger partial charge in [-0.15, -0.1) is 0 Å². The zero-order valence-corrected chi connectivity index (χ0v) is 7.50. The number of hydrogen-bond acceptors (Lipinski definition) is 4. The van der Waals surface area contributed by atoms with Crippen molar-refractivity contribution in [3.05, 3.63) is 22.4 Å². The van der Waals surface area contributed by atoms with Gasteiger partial charge in [-0.25, -0.2) is 4.79 Å². The van der Waals surface area contributed by atoms with Crippen LogP contribution in [0.25, 0.3) is 0 Å². The number of aliphatic hydroxyl groups excluding tert-OH is 1. The molecule has 0 fully saturated rings. The monoisotopic (exact) mass is 186 g/mol. The number of thiophene rings is 1. The lowest BCUT2D eigenvalue weighted by Gasteiger charge is -2.06. The van der Waals surface area contributed by atoms with Crippen LogP contribution in [0.15, 0.2) is 16.8 Å². The average molecular weight is 186 g/mol. The van der Waals surface area contributed by atoms with Crippen molar-refractivity contribution in [2.45, 2.75) is 13.0 Å². The maximum Gasteiger partial charge on any atom is 0.339 e. The molecule has 1 rings (SSSR count). The van der Waals surface area contributed by atoms with Crippen LogP contribution >= 0.6 is 11.3 Å². The Labute approximate surface area is 74.6 Å². The molecule has 0 aromatic carbocycles. The molecule has 1 aromatic rings. The van der Waals surface area contributed by atoms with Gasteiger partial charge in [-0.3, -0.25) is 0 Å². The number of hydrogen-bond donors (Lipinski definition) is 1. The van der Waals surface area contributed by atoms with Crippen molar-refractivity contribution in [3.8, 4) is 0 Å². The second kappa shape index (κ2) is 4.23. The first kappa shape index (κ1) is 9.22. The fraction of sp³-hybridized carbons (Fsp3) is 0.375. The summed E-state index contributed by atoms with van der Waals surface area (Å²) in [5.41, 5.74) is 0.596. The van der Waals surface area contributed by atoms with Gasteiger partial charge in [-0.2, -0.15) is 11.3 Å². The average Bonchev–Trinajstić information content (AvgIpc) is 2.55. The molecule has 1 unspecified atom stereocenters. The Kier molecular flexibility index (Phi) is 3.25. The summed E-state index contributed by atoms with van der Waals surface area (Å²) in [6.07, 6.45) is -1.13. The van der Waals surface area contributed by atoms with Gasteiger partial charge < -0.3 is 9.84 Å². The Morgan fingerprint density at radius 1 is 1.83 bits per heavy atom. The van der Waals surface area contributed by atoms with Crippen molar-refractivity contribution >= 4 is 17.3 Å². The highest BCUT2D eigenvalue weighted by atomic mass is 32.1. The van der Waals surface area contributed by atoms with E-state index < -0.39 is 12.1 Å². The minimum absolute atomic E-state index is 0.292. The molecule has 1 heterocycles. The lowest BCUT2D eigenvalue weighted by Crippen LogP contribution is -2.14. The van der Waals surface area contributed by atoms with Gasteiger partial charge >= 0.3 is 5.97 Å². The molecule has 12 heavy (non-hydrogen) atoms. The largest absolute Gasteiger partial charge is 0.464 e. The van der Waals surface area contributed by atoms with Gasteiger partial charge in [0.15, 0.2) is 6.10 Å². The molecule has 4 heteroatoms. The van der Waals surface area contributed by atoms with Crippen LogP contribution in [0.2, 0.25) is 0 Å². The molecule has 0 saturated heterocycles. The molecule has 0 saturated carbocycles. The third kappa shape index (κ3) is 2.06. The smallest absolute Gasteiger partial charge is 0.339 e. The first-order chi connectivity index (χ1) is 5.75. The third-order valence-corrected chi connectivity index (χ3v) is 2.07. The molecule has 0 radical (unpaired) electrons. The van der Waals surface area contributed by atoms with Crippen molar-refractivity contribution in [2.24, 2.45) is 0 Å². The zero-order valence-electron chi connectivity index (χ0n) is 6.69. The normalized spacial score (nSPS) is 12.5. The van der Waals surface area contributed by atoms with E-state index in [1.165, 1.54) is 11.3 Å². The molecular weight excluding hydrogens is 176 g/mol. The van der Waals surface area contributed by atoms with Crippen LogP contribution in [0.5, 0.6) is 0 Å². The summed E-state index contributed by atoms with van der Waals surface area (Å²) in [6.45, 7) is 2.00. The van der Waals surface area contributed by atoms with Crippen molar-refractivity contribution in [3.63, 3.8) is 0 Å². The molecule has 1 atom stereocenters. The summed E-state index contributed by atoms with van der Waals surface area (Å²) >= 11 is 1.44. The fourth-order valence-corrected chi connectivity index (χ4v) is 1.47. The molecular formula is C8H10O3S. The van der Waals surface area contributed by atoms with Crippen molar-refractivity contribution in [1.29, 1.82) is 0 Å². The van der Waals surface area contributed by atoms with Crippen molar-refractivity contribution in [2.75, 3.05) is 6.61 Å². The molecule has 0 bridgehead atoms. The van der Waals surface area contributed by atoms with Gasteiger partial charge in [0.25, 0.3) is 0 Å². The quantitative estimate of drug-likeness (QED) is 0.725. The van der Waals surface area contributed by atoms with E-state index in [0.29, 0.717) is 12.2 Å². The Morgan fingerprint density at radius 2 is 2.58 bits per heavy atom. The molecule has 1 N–H and O–H groups in total. The van der Waals surface area contributed by atoms with Crippen LogP contribution < -0.4 is 0 Å². The minimum Gasteiger partial charge on any atom is -0.464 e. The minimum atomic E-state index is -1.13. The molecule has 0 spiro atoms. The van der Waals surface area contributed by atoms with Gasteiger partial charge in [-0.05, 0) is 23.8 Å². The molecule has 0 aliphatic carbocycles. The summed E-state index contributed by atoms with van der Waals surface area (Å²) in [5, 5.41) is 12.9. The highest BCUT2D eigenvalue weighted by Gasteiger charge is 2.18. The van der Waals surface area contributed by atoms with Gasteiger partial charge in [0.1, 0.15) is 0 Å². The van der Waals surface area contributed by atoms with Gasteiger partial charge in [0.2, 0.25) is 0 Å². The highest BCUT2D eigenvalue weighted by molar-refractivity contribution is 7.08. The van der Waals surface area contributed by atoms with Gasteiger partial charge in [-0.1, -0.05) is 0 Å². The summed E-state index contributed by atoms with van der Waals surface area (Å²) in [5.74, 6) is -0.587. The van der Waals surface area contributed by atoms with Crippen molar-refractivity contribution < 1.29 is 14.6 Å². The van der Waals surface area contributed by atoms with E-state index >= 15 is 0 Å². The van der Waals surface area contributed by atoms with Crippen LogP contribution in [-0.2, 0) is 9.53 Å². The number of rotatable bonds is 3. The Hall–Kier alpha value is -0.870. The lowest BCUT2D eigenvalue weighted by atomic mass is 10.2. The highest BCUT2D eigenvalue weighted by Crippen LogP contribution is 2.16. The van der Waals surface area contributed by atoms with Gasteiger partial charge in [0.05, 0.1) is 6.61 Å². The predicted molar refractivity (Wildman–Crippen MR) is 45.9 cm³/mol. The Balaban J connectivity index is 2.59. The number of ether oxygens (including phenoxy) is 1. The number of carbonyl (C=O) groups is 1. The molecule has 0 amide bonds. The maximum atomic E-state index is 11.0. The second-order valence-corrected chi connectivity index (χ2v) is 2.99. The summed E-state index contributed by atoms with van der Waals surface area (Å²) in [4.78, 5) is 11.0. The number of carbonyl (C=O) groups excluding carboxylic acids is 1. The summed E-state index contributed by atoms with van der Waals surface area (Å²) < 4.78 is 4.64. The molecule has 0 aliphatic heterocycles. The summed E-state index contributed by atoms with van der Waals surface area (Å²) in [6, 6.07) is 1.70. The molecule has 1 aromatic heterocycles. The first-order valence-electron chi connectivity index (χ1n) is 3.62. The van der Waals surface area contributed by atoms with E-state index in [9.17, 15) is 9.90 Å². The number of esters is 1. The molecule has 3 nitrogen and oxygen atoms in total. The second-order valence-electron chi connectivity index (χ2n) is 2.21. The zero-order chi connectivity index (χ0) is 8.97. The Morgan fingerprint density at radius 3 is 3.08 bits per heavy atom. The van der Waals surface area contributed by atoms with Crippen LogP contribution in [0.3, 0.4) is 0 Å². The topological polar surface area (TPSA) is 46.5 Å². The fourth-order valence-electron chi connectivity index (χ4n) is 0.788. The van der Waals surface area contributed by atoms with E-state index in [0.717, 1.165) is 0 Å². The number of aliphatic hydroxyl groups is 1. The van der Waals surface area contributed by atoms with E-state index in [1.54, 1.807) is 23.8 Å². The standard InChI is InChI=1S/C8H10O3S/c1-2-11-8(10)7(9)6-3-4-12-5-6/h3-5,7,9H,2H2,1H3. The van der Waals surface area contributed by atoms with Gasteiger partial charge in [0, 0.05) is 5.56 Å². The molecule has 66 valence electrons. The SMILES string of the molecule is CCOC(=O)C(O)c1ccsc1. The first-order valence-corrected chi connectivity index (χ1v) is 4.56. The van der Waals surface area contributed by atoms with E-state index in [-0.39, 0.29) is 0 Å².